The molecule has 1 aromatic rings. The monoisotopic (exact) mass is 592 g/mol. The van der Waals surface area contributed by atoms with Gasteiger partial charge >= 0.3 is 5.97 Å². The predicted octanol–water partition coefficient (Wildman–Crippen LogP) is 8.29. The Morgan fingerprint density at radius 2 is 1.72 bits per heavy atom. The zero-order chi connectivity index (χ0) is 30.9. The van der Waals surface area contributed by atoms with Gasteiger partial charge < -0.3 is 23.7 Å². The first-order valence-corrected chi connectivity index (χ1v) is 16.3. The molecule has 9 atom stereocenters. The third-order valence-corrected chi connectivity index (χ3v) is 9.06. The van der Waals surface area contributed by atoms with Crippen LogP contribution in [0.2, 0.25) is 0 Å². The number of hydrogen-bond acceptors (Lipinski definition) is 6. The van der Waals surface area contributed by atoms with E-state index in [2.05, 4.69) is 69.8 Å². The van der Waals surface area contributed by atoms with Crippen LogP contribution in [0.4, 0.5) is 0 Å². The Morgan fingerprint density at radius 1 is 0.953 bits per heavy atom. The van der Waals surface area contributed by atoms with Crippen molar-refractivity contribution in [2.75, 3.05) is 6.61 Å². The van der Waals surface area contributed by atoms with Gasteiger partial charge in [0.25, 0.3) is 0 Å². The first kappa shape index (κ1) is 33.4. The fourth-order valence-electron chi connectivity index (χ4n) is 6.71. The topological polar surface area (TPSA) is 63.2 Å². The lowest BCUT2D eigenvalue weighted by molar-refractivity contribution is -0.225. The van der Waals surface area contributed by atoms with Crippen molar-refractivity contribution in [2.45, 2.75) is 123 Å². The second kappa shape index (κ2) is 16.0. The number of rotatable bonds is 1. The van der Waals surface area contributed by atoms with Crippen LogP contribution in [0.25, 0.3) is 6.08 Å². The molecule has 4 aliphatic heterocycles. The van der Waals surface area contributed by atoms with Gasteiger partial charge in [0.1, 0.15) is 6.10 Å². The molecular weight excluding hydrogens is 540 g/mol. The molecule has 3 saturated heterocycles. The number of ether oxygens (including phenoxy) is 5. The van der Waals surface area contributed by atoms with E-state index < -0.39 is 6.29 Å². The molecule has 0 spiro atoms. The molecule has 8 bridgehead atoms. The minimum absolute atomic E-state index is 0.00942. The second-order valence-corrected chi connectivity index (χ2v) is 12.2. The Hall–Kier alpha value is -2.51. The molecule has 3 fully saturated rings. The summed E-state index contributed by atoms with van der Waals surface area (Å²) >= 11 is 0. The molecule has 4 heterocycles. The zero-order valence-electron chi connectivity index (χ0n) is 27.0. The van der Waals surface area contributed by atoms with Gasteiger partial charge in [-0.2, -0.15) is 0 Å². The van der Waals surface area contributed by atoms with Crippen molar-refractivity contribution in [1.82, 2.24) is 0 Å². The third-order valence-electron chi connectivity index (χ3n) is 9.06. The summed E-state index contributed by atoms with van der Waals surface area (Å²) in [6, 6.07) is 8.35. The maximum atomic E-state index is 13.0. The van der Waals surface area contributed by atoms with Crippen molar-refractivity contribution in [1.29, 1.82) is 0 Å². The van der Waals surface area contributed by atoms with Crippen LogP contribution < -0.4 is 0 Å². The first-order chi connectivity index (χ1) is 20.8. The van der Waals surface area contributed by atoms with E-state index in [4.69, 9.17) is 23.7 Å². The van der Waals surface area contributed by atoms with Crippen molar-refractivity contribution in [3.8, 4) is 0 Å². The lowest BCUT2D eigenvalue weighted by Gasteiger charge is -2.44. The van der Waals surface area contributed by atoms with Crippen molar-refractivity contribution >= 4 is 12.0 Å². The number of esters is 1. The van der Waals surface area contributed by atoms with Crippen LogP contribution in [0.1, 0.15) is 97.5 Å². The highest BCUT2D eigenvalue weighted by Gasteiger charge is 2.43. The van der Waals surface area contributed by atoms with E-state index >= 15 is 0 Å². The number of benzene rings is 1. The van der Waals surface area contributed by atoms with Crippen LogP contribution in [0.15, 0.2) is 66.3 Å². The molecular formula is C37H52O6. The van der Waals surface area contributed by atoms with E-state index in [1.807, 2.05) is 26.8 Å². The Labute approximate surface area is 259 Å². The normalized spacial score (nSPS) is 37.1. The van der Waals surface area contributed by atoms with E-state index in [-0.39, 0.29) is 54.4 Å². The molecule has 4 aliphatic rings. The SMILES string of the molecule is C=C1C[C@@H]2C[C@@H]3CCO[C@@H](O3)c3cccc(c3)/C=C/C[C@H]3O[C@@H](/C(C)=C/C)[C@H](C)[C@@H](OC(=O)/C=C\C[C@@H](C1)O2)[C@H]3C.CC. The molecule has 1 aromatic carbocycles. The molecule has 5 rings (SSSR count). The molecule has 0 saturated carbocycles. The Kier molecular flexibility index (Phi) is 12.4. The summed E-state index contributed by atoms with van der Waals surface area (Å²) in [5.41, 5.74) is 4.45. The fourth-order valence-corrected chi connectivity index (χ4v) is 6.71. The Balaban J connectivity index is 0.00000207. The van der Waals surface area contributed by atoms with Gasteiger partial charge in [-0.05, 0) is 63.2 Å². The predicted molar refractivity (Wildman–Crippen MR) is 171 cm³/mol. The number of fused-ring (bicyclic) bond motifs is 9. The van der Waals surface area contributed by atoms with Crippen molar-refractivity contribution in [3.63, 3.8) is 0 Å². The minimum Gasteiger partial charge on any atom is -0.458 e. The van der Waals surface area contributed by atoms with Gasteiger partial charge in [0, 0.05) is 29.9 Å². The number of carbonyl (C=O) groups is 1. The van der Waals surface area contributed by atoms with Crippen molar-refractivity contribution in [2.24, 2.45) is 11.8 Å². The largest absolute Gasteiger partial charge is 0.458 e. The summed E-state index contributed by atoms with van der Waals surface area (Å²) in [6.07, 6.45) is 13.7. The Morgan fingerprint density at radius 3 is 2.51 bits per heavy atom. The lowest BCUT2D eigenvalue weighted by Crippen LogP contribution is -2.50. The highest BCUT2D eigenvalue weighted by molar-refractivity contribution is 5.82. The average molecular weight is 593 g/mol. The molecule has 0 aliphatic carbocycles. The van der Waals surface area contributed by atoms with Gasteiger partial charge in [-0.15, -0.1) is 0 Å². The summed E-state index contributed by atoms with van der Waals surface area (Å²) in [5, 5.41) is 0. The average Bonchev–Trinajstić information content (AvgIpc) is 3.00. The standard InChI is InChI=1S/C35H46O6.C2H6/c1-6-23(3)33-25(5)34-24(4)31(40-33)14-8-11-26-10-7-12-27(20-26)35-37-17-16-29(39-35)21-30-19-22(2)18-28(38-30)13-9-15-32(36)41-34;1-2/h6-12,15,20,24-25,28-31,33-35H,2,13-14,16-19,21H2,1,3-5H3;1-2H3/b11-8+,15-9-,23-6+;/t24-,25-,28-,29-,30+,31+,33-,34-,35-;/m0./s1. The van der Waals surface area contributed by atoms with E-state index in [0.29, 0.717) is 13.0 Å². The summed E-state index contributed by atoms with van der Waals surface area (Å²) < 4.78 is 31.7. The van der Waals surface area contributed by atoms with Gasteiger partial charge in [0.2, 0.25) is 0 Å². The lowest BCUT2D eigenvalue weighted by atomic mass is 9.79. The maximum absolute atomic E-state index is 13.0. The minimum atomic E-state index is -0.390. The van der Waals surface area contributed by atoms with Crippen LogP contribution in [0.5, 0.6) is 0 Å². The Bertz CT molecular complexity index is 1170. The zero-order valence-corrected chi connectivity index (χ0v) is 27.0. The number of allylic oxidation sites excluding steroid dienone is 1. The number of carbonyl (C=O) groups excluding carboxylic acids is 1. The molecule has 0 amide bonds. The molecule has 6 heteroatoms. The molecule has 0 N–H and O–H groups in total. The summed E-state index contributed by atoms with van der Waals surface area (Å²) in [4.78, 5) is 13.0. The maximum Gasteiger partial charge on any atom is 0.330 e. The van der Waals surface area contributed by atoms with Crippen LogP contribution in [0.3, 0.4) is 0 Å². The summed E-state index contributed by atoms with van der Waals surface area (Å²) in [7, 11) is 0. The molecule has 6 nitrogen and oxygen atoms in total. The van der Waals surface area contributed by atoms with Crippen LogP contribution in [0, 0.1) is 11.8 Å². The molecule has 0 unspecified atom stereocenters. The molecule has 236 valence electrons. The third kappa shape index (κ3) is 8.78. The first-order valence-electron chi connectivity index (χ1n) is 16.3. The van der Waals surface area contributed by atoms with E-state index in [1.165, 1.54) is 5.57 Å². The van der Waals surface area contributed by atoms with Gasteiger partial charge in [-0.25, -0.2) is 4.79 Å². The van der Waals surface area contributed by atoms with Crippen LogP contribution in [-0.2, 0) is 28.5 Å². The summed E-state index contributed by atoms with van der Waals surface area (Å²) in [5.74, 6) is -0.223. The van der Waals surface area contributed by atoms with Gasteiger partial charge in [0.05, 0.1) is 37.1 Å². The molecule has 0 radical (unpaired) electrons. The molecule has 43 heavy (non-hydrogen) atoms. The highest BCUT2D eigenvalue weighted by Crippen LogP contribution is 2.38. The van der Waals surface area contributed by atoms with Crippen LogP contribution >= 0.6 is 0 Å². The smallest absolute Gasteiger partial charge is 0.330 e. The number of hydrogen-bond donors (Lipinski definition) is 0. The second-order valence-electron chi connectivity index (χ2n) is 12.2. The van der Waals surface area contributed by atoms with E-state index in [1.54, 1.807) is 6.08 Å². The highest BCUT2D eigenvalue weighted by atomic mass is 16.7. The quantitative estimate of drug-likeness (QED) is 0.242. The molecule has 0 aromatic heterocycles. The van der Waals surface area contributed by atoms with E-state index in [0.717, 1.165) is 48.8 Å². The van der Waals surface area contributed by atoms with E-state index in [9.17, 15) is 4.79 Å². The van der Waals surface area contributed by atoms with Gasteiger partial charge in [-0.1, -0.05) is 82.4 Å². The fraction of sp³-hybridized carbons (Fsp3) is 0.595. The summed E-state index contributed by atoms with van der Waals surface area (Å²) in [6.45, 7) is 17.3. The van der Waals surface area contributed by atoms with Crippen LogP contribution in [-0.4, -0.2) is 49.2 Å². The van der Waals surface area contributed by atoms with Crippen molar-refractivity contribution < 1.29 is 28.5 Å². The van der Waals surface area contributed by atoms with Gasteiger partial charge in [0.15, 0.2) is 6.29 Å². The van der Waals surface area contributed by atoms with Gasteiger partial charge in [-0.3, -0.25) is 0 Å². The van der Waals surface area contributed by atoms with Crippen molar-refractivity contribution in [3.05, 3.63) is 77.4 Å².